The van der Waals surface area contributed by atoms with Crippen molar-refractivity contribution in [3.63, 3.8) is 0 Å². The number of carbonyl (C=O) groups excluding carboxylic acids is 2. The van der Waals surface area contributed by atoms with Crippen LogP contribution in [0.1, 0.15) is 52.4 Å². The minimum absolute atomic E-state index is 0.109. The maximum absolute atomic E-state index is 12.0. The number of hydrogen-bond donors (Lipinski definition) is 0. The van der Waals surface area contributed by atoms with Gasteiger partial charge in [0.25, 0.3) is 0 Å². The first-order valence-corrected chi connectivity index (χ1v) is 7.04. The molecule has 1 atom stereocenters. The fraction of sp³-hybridized carbons (Fsp3) is 0.857. The van der Waals surface area contributed by atoms with Crippen LogP contribution >= 0.6 is 0 Å². The summed E-state index contributed by atoms with van der Waals surface area (Å²) in [6.07, 6.45) is 5.83. The van der Waals surface area contributed by atoms with E-state index in [1.807, 2.05) is 6.92 Å². The van der Waals surface area contributed by atoms with Crippen molar-refractivity contribution in [1.29, 1.82) is 0 Å². The summed E-state index contributed by atoms with van der Waals surface area (Å²) in [6, 6.07) is 0. The van der Waals surface area contributed by atoms with Crippen LogP contribution in [0, 0.1) is 11.8 Å². The van der Waals surface area contributed by atoms with E-state index in [0.717, 1.165) is 38.5 Å². The van der Waals surface area contributed by atoms with E-state index in [1.165, 1.54) is 0 Å². The third-order valence-corrected chi connectivity index (χ3v) is 3.41. The highest BCUT2D eigenvalue weighted by Crippen LogP contribution is 2.33. The number of unbranched alkanes of at least 4 members (excludes halogenated alkanes) is 1. The third-order valence-electron chi connectivity index (χ3n) is 3.41. The first-order chi connectivity index (χ1) is 8.70. The summed E-state index contributed by atoms with van der Waals surface area (Å²) >= 11 is 0. The Bertz CT molecular complexity index is 269. The van der Waals surface area contributed by atoms with Gasteiger partial charge < -0.3 is 9.47 Å². The van der Waals surface area contributed by atoms with Gasteiger partial charge in [-0.2, -0.15) is 0 Å². The Balaban J connectivity index is 2.57. The molecule has 0 N–H and O–H groups in total. The molecule has 1 saturated carbocycles. The average molecular weight is 256 g/mol. The number of hydrogen-bond acceptors (Lipinski definition) is 4. The van der Waals surface area contributed by atoms with Crippen LogP contribution in [0.2, 0.25) is 0 Å². The predicted octanol–water partition coefficient (Wildman–Crippen LogP) is 2.70. The zero-order chi connectivity index (χ0) is 13.4. The lowest BCUT2D eigenvalue weighted by molar-refractivity contribution is -0.164. The highest BCUT2D eigenvalue weighted by molar-refractivity contribution is 5.95. The van der Waals surface area contributed by atoms with E-state index in [-0.39, 0.29) is 5.92 Å². The van der Waals surface area contributed by atoms with Gasteiger partial charge in [0.2, 0.25) is 0 Å². The molecule has 1 unspecified atom stereocenters. The number of carbonyl (C=O) groups is 2. The van der Waals surface area contributed by atoms with E-state index in [9.17, 15) is 9.59 Å². The molecule has 0 aromatic heterocycles. The smallest absolute Gasteiger partial charge is 0.320 e. The minimum atomic E-state index is -0.704. The topological polar surface area (TPSA) is 52.6 Å². The van der Waals surface area contributed by atoms with Gasteiger partial charge in [-0.3, -0.25) is 9.59 Å². The summed E-state index contributed by atoms with van der Waals surface area (Å²) in [5, 5.41) is 0. The number of rotatable bonds is 7. The van der Waals surface area contributed by atoms with Crippen molar-refractivity contribution in [2.75, 3.05) is 13.2 Å². The molecule has 0 saturated heterocycles. The van der Waals surface area contributed by atoms with Crippen LogP contribution < -0.4 is 0 Å². The van der Waals surface area contributed by atoms with Gasteiger partial charge in [0.05, 0.1) is 13.2 Å². The second-order valence-electron chi connectivity index (χ2n) is 4.80. The molecule has 0 bridgehead atoms. The Kier molecular flexibility index (Phi) is 6.76. The maximum Gasteiger partial charge on any atom is 0.320 e. The molecular weight excluding hydrogens is 232 g/mol. The molecule has 1 rings (SSSR count). The summed E-state index contributed by atoms with van der Waals surface area (Å²) in [4.78, 5) is 23.9. The quantitative estimate of drug-likeness (QED) is 0.399. The van der Waals surface area contributed by atoms with Crippen LogP contribution in [-0.2, 0) is 19.1 Å². The molecule has 18 heavy (non-hydrogen) atoms. The molecule has 0 radical (unpaired) electrons. The standard InChI is InChI=1S/C14H24O4/c1-3-5-10-18-14(16)12(13(15)17-4-2)11-8-6-7-9-11/h11-12H,3-10H2,1-2H3. The monoisotopic (exact) mass is 256 g/mol. The lowest BCUT2D eigenvalue weighted by Gasteiger charge is -2.20. The summed E-state index contributed by atoms with van der Waals surface area (Å²) in [7, 11) is 0. The Morgan fingerprint density at radius 1 is 1.11 bits per heavy atom. The second kappa shape index (κ2) is 8.11. The Morgan fingerprint density at radius 2 is 1.72 bits per heavy atom. The lowest BCUT2D eigenvalue weighted by Crippen LogP contribution is -2.33. The van der Waals surface area contributed by atoms with Gasteiger partial charge in [-0.15, -0.1) is 0 Å². The van der Waals surface area contributed by atoms with Crippen LogP contribution in [0.5, 0.6) is 0 Å². The Labute approximate surface area is 109 Å². The molecule has 0 heterocycles. The molecule has 1 aliphatic carbocycles. The van der Waals surface area contributed by atoms with E-state index in [2.05, 4.69) is 0 Å². The van der Waals surface area contributed by atoms with Crippen molar-refractivity contribution in [2.45, 2.75) is 52.4 Å². The predicted molar refractivity (Wildman–Crippen MR) is 67.9 cm³/mol. The molecule has 1 fully saturated rings. The van der Waals surface area contributed by atoms with E-state index >= 15 is 0 Å². The number of esters is 2. The molecule has 0 aromatic rings. The zero-order valence-corrected chi connectivity index (χ0v) is 11.4. The molecule has 4 heteroatoms. The van der Waals surface area contributed by atoms with Gasteiger partial charge in [0.1, 0.15) is 0 Å². The maximum atomic E-state index is 12.0. The van der Waals surface area contributed by atoms with Gasteiger partial charge in [0.15, 0.2) is 5.92 Å². The van der Waals surface area contributed by atoms with E-state index in [1.54, 1.807) is 6.92 Å². The molecule has 0 spiro atoms. The Morgan fingerprint density at radius 3 is 2.28 bits per heavy atom. The van der Waals surface area contributed by atoms with Crippen molar-refractivity contribution in [3.05, 3.63) is 0 Å². The van der Waals surface area contributed by atoms with Gasteiger partial charge >= 0.3 is 11.9 Å². The SMILES string of the molecule is CCCCOC(=O)C(C(=O)OCC)C1CCCC1. The van der Waals surface area contributed by atoms with Crippen molar-refractivity contribution >= 4 is 11.9 Å². The normalized spacial score (nSPS) is 17.4. The molecule has 4 nitrogen and oxygen atoms in total. The Hall–Kier alpha value is -1.06. The summed E-state index contributed by atoms with van der Waals surface area (Å²) in [5.74, 6) is -1.40. The molecule has 0 aliphatic heterocycles. The van der Waals surface area contributed by atoms with Crippen LogP contribution in [0.3, 0.4) is 0 Å². The lowest BCUT2D eigenvalue weighted by atomic mass is 9.91. The van der Waals surface area contributed by atoms with Crippen LogP contribution in [0.25, 0.3) is 0 Å². The van der Waals surface area contributed by atoms with E-state index in [0.29, 0.717) is 13.2 Å². The average Bonchev–Trinajstić information content (AvgIpc) is 2.83. The van der Waals surface area contributed by atoms with Crippen molar-refractivity contribution in [2.24, 2.45) is 11.8 Å². The summed E-state index contributed by atoms with van der Waals surface area (Å²) < 4.78 is 10.2. The van der Waals surface area contributed by atoms with Crippen LogP contribution in [0.4, 0.5) is 0 Å². The van der Waals surface area contributed by atoms with Gasteiger partial charge in [0, 0.05) is 0 Å². The molecule has 1 aliphatic rings. The van der Waals surface area contributed by atoms with Crippen molar-refractivity contribution in [3.8, 4) is 0 Å². The summed E-state index contributed by atoms with van der Waals surface area (Å²) in [6.45, 7) is 4.50. The minimum Gasteiger partial charge on any atom is -0.465 e. The number of ether oxygens (including phenoxy) is 2. The van der Waals surface area contributed by atoms with Crippen molar-refractivity contribution < 1.29 is 19.1 Å². The highest BCUT2D eigenvalue weighted by Gasteiger charge is 2.38. The fourth-order valence-electron chi connectivity index (χ4n) is 2.41. The third kappa shape index (κ3) is 4.31. The molecule has 0 aromatic carbocycles. The first-order valence-electron chi connectivity index (χ1n) is 7.04. The van der Waals surface area contributed by atoms with Crippen LogP contribution in [0.15, 0.2) is 0 Å². The molecule has 0 amide bonds. The largest absolute Gasteiger partial charge is 0.465 e. The first kappa shape index (κ1) is 15.0. The van der Waals surface area contributed by atoms with Gasteiger partial charge in [-0.05, 0) is 32.1 Å². The van der Waals surface area contributed by atoms with Crippen molar-refractivity contribution in [1.82, 2.24) is 0 Å². The van der Waals surface area contributed by atoms with E-state index in [4.69, 9.17) is 9.47 Å². The zero-order valence-electron chi connectivity index (χ0n) is 11.4. The molecule has 104 valence electrons. The van der Waals surface area contributed by atoms with Gasteiger partial charge in [-0.1, -0.05) is 26.2 Å². The van der Waals surface area contributed by atoms with Gasteiger partial charge in [-0.25, -0.2) is 0 Å². The summed E-state index contributed by atoms with van der Waals surface area (Å²) in [5.41, 5.74) is 0. The molecular formula is C14H24O4. The highest BCUT2D eigenvalue weighted by atomic mass is 16.6. The second-order valence-corrected chi connectivity index (χ2v) is 4.80. The fourth-order valence-corrected chi connectivity index (χ4v) is 2.41. The van der Waals surface area contributed by atoms with Crippen LogP contribution in [-0.4, -0.2) is 25.2 Å². The van der Waals surface area contributed by atoms with E-state index < -0.39 is 17.9 Å².